The van der Waals surface area contributed by atoms with E-state index in [1.807, 2.05) is 24.3 Å². The van der Waals surface area contributed by atoms with Crippen LogP contribution >= 0.6 is 0 Å². The fourth-order valence-corrected chi connectivity index (χ4v) is 2.63. The van der Waals surface area contributed by atoms with Gasteiger partial charge in [0.2, 0.25) is 0 Å². The summed E-state index contributed by atoms with van der Waals surface area (Å²) in [6, 6.07) is 14.6. The first-order valence-electron chi connectivity index (χ1n) is 6.78. The number of methoxy groups -OCH3 is 2. The zero-order valence-electron chi connectivity index (χ0n) is 12.3. The molecule has 3 aromatic carbocycles. The van der Waals surface area contributed by atoms with Crippen molar-refractivity contribution in [1.29, 1.82) is 0 Å². The molecule has 110 valence electrons. The van der Waals surface area contributed by atoms with E-state index in [1.165, 1.54) is 14.2 Å². The summed E-state index contributed by atoms with van der Waals surface area (Å²) in [4.78, 5) is 23.8. The van der Waals surface area contributed by atoms with Crippen LogP contribution < -0.4 is 0 Å². The summed E-state index contributed by atoms with van der Waals surface area (Å²) in [6.07, 6.45) is 0. The Morgan fingerprint density at radius 3 is 1.50 bits per heavy atom. The average molecular weight is 294 g/mol. The van der Waals surface area contributed by atoms with Crippen molar-refractivity contribution in [2.24, 2.45) is 0 Å². The number of esters is 2. The van der Waals surface area contributed by atoms with E-state index in [2.05, 4.69) is 0 Å². The molecule has 0 bridgehead atoms. The maximum atomic E-state index is 11.9. The van der Waals surface area contributed by atoms with Crippen LogP contribution in [0.1, 0.15) is 20.7 Å². The topological polar surface area (TPSA) is 52.6 Å². The monoisotopic (exact) mass is 294 g/mol. The number of ether oxygens (including phenoxy) is 2. The second-order valence-electron chi connectivity index (χ2n) is 4.89. The van der Waals surface area contributed by atoms with Crippen molar-refractivity contribution in [1.82, 2.24) is 0 Å². The van der Waals surface area contributed by atoms with Gasteiger partial charge < -0.3 is 9.47 Å². The Balaban J connectivity index is 2.36. The summed E-state index contributed by atoms with van der Waals surface area (Å²) in [7, 11) is 2.72. The summed E-state index contributed by atoms with van der Waals surface area (Å²) in [5.41, 5.74) is 1.01. The lowest BCUT2D eigenvalue weighted by molar-refractivity contribution is 0.0594. The molecule has 3 rings (SSSR count). The van der Waals surface area contributed by atoms with E-state index in [-0.39, 0.29) is 11.9 Å². The molecule has 4 heteroatoms. The fourth-order valence-electron chi connectivity index (χ4n) is 2.63. The van der Waals surface area contributed by atoms with Crippen molar-refractivity contribution in [2.45, 2.75) is 0 Å². The minimum atomic E-state index is -0.380. The van der Waals surface area contributed by atoms with Gasteiger partial charge in [0.15, 0.2) is 0 Å². The van der Waals surface area contributed by atoms with Gasteiger partial charge in [-0.25, -0.2) is 9.59 Å². The van der Waals surface area contributed by atoms with E-state index in [4.69, 9.17) is 9.47 Å². The van der Waals surface area contributed by atoms with Crippen LogP contribution in [-0.2, 0) is 9.47 Å². The normalized spacial score (nSPS) is 10.6. The molecule has 22 heavy (non-hydrogen) atoms. The van der Waals surface area contributed by atoms with Crippen LogP contribution in [0.15, 0.2) is 48.5 Å². The highest BCUT2D eigenvalue weighted by Crippen LogP contribution is 2.28. The first-order valence-corrected chi connectivity index (χ1v) is 6.78. The van der Waals surface area contributed by atoms with Crippen LogP contribution in [0.25, 0.3) is 21.5 Å². The molecule has 0 aromatic heterocycles. The number of hydrogen-bond donors (Lipinski definition) is 0. The van der Waals surface area contributed by atoms with E-state index in [0.717, 1.165) is 21.5 Å². The average Bonchev–Trinajstić information content (AvgIpc) is 2.57. The van der Waals surface area contributed by atoms with Crippen LogP contribution in [0.4, 0.5) is 0 Å². The molecule has 0 saturated heterocycles. The van der Waals surface area contributed by atoms with Crippen molar-refractivity contribution in [2.75, 3.05) is 14.2 Å². The fraction of sp³-hybridized carbons (Fsp3) is 0.111. The zero-order chi connectivity index (χ0) is 15.7. The van der Waals surface area contributed by atoms with Crippen LogP contribution in [-0.4, -0.2) is 26.2 Å². The number of rotatable bonds is 2. The summed E-state index contributed by atoms with van der Waals surface area (Å²) < 4.78 is 9.65. The summed E-state index contributed by atoms with van der Waals surface area (Å²) >= 11 is 0. The van der Waals surface area contributed by atoms with E-state index in [1.54, 1.807) is 24.3 Å². The minimum absolute atomic E-state index is 0.380. The molecule has 0 amide bonds. The first kappa shape index (κ1) is 14.1. The molecule has 0 fully saturated rings. The van der Waals surface area contributed by atoms with Gasteiger partial charge in [-0.2, -0.15) is 0 Å². The molecular weight excluding hydrogens is 280 g/mol. The summed E-state index contributed by atoms with van der Waals surface area (Å²) in [5, 5.41) is 3.33. The van der Waals surface area contributed by atoms with Gasteiger partial charge in [0, 0.05) is 0 Å². The maximum absolute atomic E-state index is 11.9. The third kappa shape index (κ3) is 2.19. The van der Waals surface area contributed by atoms with Gasteiger partial charge in [-0.1, -0.05) is 24.3 Å². The van der Waals surface area contributed by atoms with E-state index in [9.17, 15) is 9.59 Å². The van der Waals surface area contributed by atoms with Gasteiger partial charge in [0.25, 0.3) is 0 Å². The quantitative estimate of drug-likeness (QED) is 0.535. The molecule has 0 aliphatic carbocycles. The third-order valence-corrected chi connectivity index (χ3v) is 3.69. The Morgan fingerprint density at radius 1 is 0.727 bits per heavy atom. The Hall–Kier alpha value is -2.88. The maximum Gasteiger partial charge on any atom is 0.338 e. The molecule has 0 radical (unpaired) electrons. The van der Waals surface area contributed by atoms with E-state index >= 15 is 0 Å². The first-order chi connectivity index (χ1) is 10.7. The number of fused-ring (bicyclic) bond motifs is 2. The lowest BCUT2D eigenvalue weighted by Gasteiger charge is -2.09. The third-order valence-electron chi connectivity index (χ3n) is 3.69. The highest BCUT2D eigenvalue weighted by molar-refractivity contribution is 6.12. The number of benzene rings is 3. The molecule has 0 aliphatic heterocycles. The molecule has 0 saturated carbocycles. The van der Waals surface area contributed by atoms with Crippen molar-refractivity contribution in [3.63, 3.8) is 0 Å². The molecule has 4 nitrogen and oxygen atoms in total. The van der Waals surface area contributed by atoms with E-state index in [0.29, 0.717) is 11.1 Å². The molecule has 0 heterocycles. The predicted octanol–water partition coefficient (Wildman–Crippen LogP) is 3.57. The Morgan fingerprint density at radius 2 is 1.14 bits per heavy atom. The Bertz CT molecular complexity index is 821. The lowest BCUT2D eigenvalue weighted by Crippen LogP contribution is -2.03. The van der Waals surface area contributed by atoms with Gasteiger partial charge in [-0.3, -0.25) is 0 Å². The predicted molar refractivity (Wildman–Crippen MR) is 84.1 cm³/mol. The van der Waals surface area contributed by atoms with Crippen molar-refractivity contribution in [3.8, 4) is 0 Å². The number of carbonyl (C=O) groups is 2. The molecular formula is C18H14O4. The van der Waals surface area contributed by atoms with Crippen molar-refractivity contribution < 1.29 is 19.1 Å². The highest BCUT2D eigenvalue weighted by Gasteiger charge is 2.14. The lowest BCUT2D eigenvalue weighted by atomic mass is 9.97. The molecule has 0 aliphatic rings. The molecule has 0 atom stereocenters. The summed E-state index contributed by atoms with van der Waals surface area (Å²) in [5.74, 6) is -0.761. The molecule has 0 spiro atoms. The van der Waals surface area contributed by atoms with Gasteiger partial charge in [0.05, 0.1) is 25.3 Å². The van der Waals surface area contributed by atoms with Crippen molar-refractivity contribution in [3.05, 3.63) is 59.7 Å². The van der Waals surface area contributed by atoms with Gasteiger partial charge in [0.1, 0.15) is 0 Å². The van der Waals surface area contributed by atoms with Crippen LogP contribution in [0.5, 0.6) is 0 Å². The standard InChI is InChI=1S/C18H14O4/c1-21-17(19)13-7-3-5-11-10-16-12(9-15(11)13)6-4-8-14(16)18(20)22-2/h3-10H,1-2H3. The van der Waals surface area contributed by atoms with Crippen LogP contribution in [0.3, 0.4) is 0 Å². The Labute approximate surface area is 127 Å². The van der Waals surface area contributed by atoms with E-state index < -0.39 is 0 Å². The van der Waals surface area contributed by atoms with Crippen molar-refractivity contribution >= 4 is 33.5 Å². The molecule has 0 N–H and O–H groups in total. The highest BCUT2D eigenvalue weighted by atomic mass is 16.5. The smallest absolute Gasteiger partial charge is 0.338 e. The summed E-state index contributed by atoms with van der Waals surface area (Å²) in [6.45, 7) is 0. The minimum Gasteiger partial charge on any atom is -0.465 e. The second kappa shape index (κ2) is 5.48. The SMILES string of the molecule is COC(=O)c1cccc2cc3c(C(=O)OC)cccc3cc12. The number of carbonyl (C=O) groups excluding carboxylic acids is 2. The molecule has 0 unspecified atom stereocenters. The van der Waals surface area contributed by atoms with Crippen LogP contribution in [0, 0.1) is 0 Å². The van der Waals surface area contributed by atoms with Gasteiger partial charge >= 0.3 is 11.9 Å². The number of hydrogen-bond acceptors (Lipinski definition) is 4. The largest absolute Gasteiger partial charge is 0.465 e. The van der Waals surface area contributed by atoms with Gasteiger partial charge in [-0.05, 0) is 45.8 Å². The van der Waals surface area contributed by atoms with Gasteiger partial charge in [-0.15, -0.1) is 0 Å². The second-order valence-corrected chi connectivity index (χ2v) is 4.89. The van der Waals surface area contributed by atoms with Crippen LogP contribution in [0.2, 0.25) is 0 Å². The molecule has 3 aromatic rings. The Kier molecular flexibility index (Phi) is 3.51. The zero-order valence-corrected chi connectivity index (χ0v) is 12.3.